The first-order valence-electron chi connectivity index (χ1n) is 3.70. The first-order chi connectivity index (χ1) is 4.63. The summed E-state index contributed by atoms with van der Waals surface area (Å²) in [6, 6.07) is 0.400. The lowest BCUT2D eigenvalue weighted by Gasteiger charge is -2.23. The predicted molar refractivity (Wildman–Crippen MR) is 39.6 cm³/mol. The zero-order valence-corrected chi connectivity index (χ0v) is 6.50. The van der Waals surface area contributed by atoms with E-state index in [1.54, 1.807) is 4.90 Å². The Labute approximate surface area is 61.2 Å². The van der Waals surface area contributed by atoms with Crippen LogP contribution >= 0.6 is 0 Å². The highest BCUT2D eigenvalue weighted by Gasteiger charge is 2.29. The molecule has 0 bridgehead atoms. The van der Waals surface area contributed by atoms with Crippen LogP contribution in [0.15, 0.2) is 0 Å². The molecule has 58 valence electrons. The van der Waals surface area contributed by atoms with Gasteiger partial charge in [-0.15, -0.1) is 0 Å². The molecule has 0 aromatic rings. The number of primary amides is 1. The summed E-state index contributed by atoms with van der Waals surface area (Å²) in [4.78, 5) is 12.5. The van der Waals surface area contributed by atoms with Crippen molar-refractivity contribution in [3.63, 3.8) is 0 Å². The van der Waals surface area contributed by atoms with Gasteiger partial charge in [0.2, 0.25) is 0 Å². The molecule has 0 spiro atoms. The maximum absolute atomic E-state index is 10.8. The van der Waals surface area contributed by atoms with Gasteiger partial charge in [0, 0.05) is 12.1 Å². The normalized spacial score (nSPS) is 32.8. The van der Waals surface area contributed by atoms with E-state index in [1.807, 2.05) is 13.8 Å². The van der Waals surface area contributed by atoms with E-state index < -0.39 is 0 Å². The van der Waals surface area contributed by atoms with Gasteiger partial charge in [0.05, 0.1) is 0 Å². The molecule has 1 aliphatic rings. The zero-order chi connectivity index (χ0) is 7.72. The number of nitrogens with two attached hydrogens (primary N) is 1. The molecule has 1 aliphatic heterocycles. The lowest BCUT2D eigenvalue weighted by Crippen LogP contribution is -2.42. The topological polar surface area (TPSA) is 46.3 Å². The van der Waals surface area contributed by atoms with Crippen molar-refractivity contribution in [3.8, 4) is 0 Å². The van der Waals surface area contributed by atoms with Crippen LogP contribution in [0.2, 0.25) is 0 Å². The molecule has 3 heteroatoms. The monoisotopic (exact) mass is 142 g/mol. The summed E-state index contributed by atoms with van der Waals surface area (Å²) >= 11 is 0. The molecular weight excluding hydrogens is 128 g/mol. The van der Waals surface area contributed by atoms with Crippen LogP contribution in [0.25, 0.3) is 0 Å². The van der Waals surface area contributed by atoms with Crippen LogP contribution in [-0.4, -0.2) is 23.0 Å². The summed E-state index contributed by atoms with van der Waals surface area (Å²) in [6.45, 7) is 4.07. The molecule has 0 aliphatic carbocycles. The molecule has 1 saturated heterocycles. The van der Waals surface area contributed by atoms with Crippen molar-refractivity contribution in [3.05, 3.63) is 0 Å². The van der Waals surface area contributed by atoms with Gasteiger partial charge in [0.15, 0.2) is 0 Å². The van der Waals surface area contributed by atoms with Gasteiger partial charge in [-0.3, -0.25) is 0 Å². The largest absolute Gasteiger partial charge is 0.351 e. The molecule has 2 atom stereocenters. The average molecular weight is 142 g/mol. The summed E-state index contributed by atoms with van der Waals surface area (Å²) in [7, 11) is 0. The second kappa shape index (κ2) is 2.48. The van der Waals surface area contributed by atoms with Gasteiger partial charge in [-0.2, -0.15) is 0 Å². The zero-order valence-electron chi connectivity index (χ0n) is 6.50. The Balaban J connectivity index is 2.63. The Morgan fingerprint density at radius 1 is 1.40 bits per heavy atom. The number of carbonyl (C=O) groups is 1. The van der Waals surface area contributed by atoms with Crippen molar-refractivity contribution in [1.82, 2.24) is 4.90 Å². The Morgan fingerprint density at radius 3 is 2.00 bits per heavy atom. The van der Waals surface area contributed by atoms with E-state index in [9.17, 15) is 4.79 Å². The number of urea groups is 1. The van der Waals surface area contributed by atoms with E-state index >= 15 is 0 Å². The van der Waals surface area contributed by atoms with Crippen molar-refractivity contribution < 1.29 is 4.79 Å². The van der Waals surface area contributed by atoms with E-state index in [2.05, 4.69) is 0 Å². The second-order valence-corrected chi connectivity index (χ2v) is 3.02. The minimum absolute atomic E-state index is 0.280. The maximum atomic E-state index is 10.8. The van der Waals surface area contributed by atoms with Crippen LogP contribution in [0.4, 0.5) is 4.79 Å². The first-order valence-corrected chi connectivity index (χ1v) is 3.70. The number of hydrogen-bond acceptors (Lipinski definition) is 1. The van der Waals surface area contributed by atoms with Crippen molar-refractivity contribution in [1.29, 1.82) is 0 Å². The summed E-state index contributed by atoms with van der Waals surface area (Å²) < 4.78 is 0. The van der Waals surface area contributed by atoms with Crippen molar-refractivity contribution in [2.24, 2.45) is 5.73 Å². The van der Waals surface area contributed by atoms with Crippen LogP contribution in [-0.2, 0) is 0 Å². The lowest BCUT2D eigenvalue weighted by molar-refractivity contribution is 0.190. The van der Waals surface area contributed by atoms with E-state index in [1.165, 1.54) is 0 Å². The Kier molecular flexibility index (Phi) is 1.83. The van der Waals surface area contributed by atoms with E-state index in [0.717, 1.165) is 12.8 Å². The van der Waals surface area contributed by atoms with Crippen LogP contribution in [0.5, 0.6) is 0 Å². The predicted octanol–water partition coefficient (Wildman–Crippen LogP) is 0.938. The van der Waals surface area contributed by atoms with Gasteiger partial charge in [-0.25, -0.2) is 4.79 Å². The molecule has 1 heterocycles. The van der Waals surface area contributed by atoms with Crippen molar-refractivity contribution >= 4 is 6.03 Å². The number of hydrogen-bond donors (Lipinski definition) is 1. The number of likely N-dealkylation sites (tertiary alicyclic amines) is 1. The van der Waals surface area contributed by atoms with Crippen molar-refractivity contribution in [2.45, 2.75) is 38.8 Å². The fourth-order valence-electron chi connectivity index (χ4n) is 1.63. The van der Waals surface area contributed by atoms with Crippen LogP contribution in [0.1, 0.15) is 26.7 Å². The highest BCUT2D eigenvalue weighted by atomic mass is 16.2. The summed E-state index contributed by atoms with van der Waals surface area (Å²) in [5, 5.41) is 0. The number of nitrogens with zero attached hydrogens (tertiary/aromatic N) is 1. The van der Waals surface area contributed by atoms with Gasteiger partial charge < -0.3 is 10.6 Å². The third kappa shape index (κ3) is 1.08. The molecular formula is C7H14N2O. The molecule has 0 saturated carbocycles. The third-order valence-electron chi connectivity index (χ3n) is 2.21. The Morgan fingerprint density at radius 2 is 1.80 bits per heavy atom. The fourth-order valence-corrected chi connectivity index (χ4v) is 1.63. The quantitative estimate of drug-likeness (QED) is 0.537. The summed E-state index contributed by atoms with van der Waals surface area (Å²) in [5.74, 6) is 0. The molecule has 0 aromatic carbocycles. The molecule has 3 nitrogen and oxygen atoms in total. The maximum Gasteiger partial charge on any atom is 0.315 e. The first kappa shape index (κ1) is 7.38. The minimum atomic E-state index is -0.280. The van der Waals surface area contributed by atoms with Gasteiger partial charge in [0.1, 0.15) is 0 Å². The molecule has 10 heavy (non-hydrogen) atoms. The Bertz CT molecular complexity index is 137. The van der Waals surface area contributed by atoms with Crippen LogP contribution in [0.3, 0.4) is 0 Å². The molecule has 0 unspecified atom stereocenters. The highest BCUT2D eigenvalue weighted by molar-refractivity contribution is 5.73. The number of amides is 2. The SMILES string of the molecule is C[C@H]1CC[C@H](C)N1C(N)=O. The Hall–Kier alpha value is -0.730. The fraction of sp³-hybridized carbons (Fsp3) is 0.857. The van der Waals surface area contributed by atoms with Gasteiger partial charge in [0.25, 0.3) is 0 Å². The lowest BCUT2D eigenvalue weighted by atomic mass is 10.2. The standard InChI is InChI=1S/C7H14N2O/c1-5-3-4-6(2)9(5)7(8)10/h5-6H,3-4H2,1-2H3,(H2,8,10)/t5-,6-/m0/s1. The van der Waals surface area contributed by atoms with Crippen LogP contribution < -0.4 is 5.73 Å². The van der Waals surface area contributed by atoms with E-state index in [-0.39, 0.29) is 6.03 Å². The molecule has 0 radical (unpaired) electrons. The smallest absolute Gasteiger partial charge is 0.315 e. The van der Waals surface area contributed by atoms with Gasteiger partial charge in [-0.1, -0.05) is 0 Å². The van der Waals surface area contributed by atoms with E-state index in [0.29, 0.717) is 12.1 Å². The third-order valence-corrected chi connectivity index (χ3v) is 2.21. The molecule has 2 N–H and O–H groups in total. The minimum Gasteiger partial charge on any atom is -0.351 e. The number of carbonyl (C=O) groups excluding carboxylic acids is 1. The van der Waals surface area contributed by atoms with Gasteiger partial charge in [-0.05, 0) is 26.7 Å². The van der Waals surface area contributed by atoms with Crippen molar-refractivity contribution in [2.75, 3.05) is 0 Å². The average Bonchev–Trinajstić information content (AvgIpc) is 2.11. The summed E-state index contributed by atoms with van der Waals surface area (Å²) in [5.41, 5.74) is 5.17. The molecule has 0 aromatic heterocycles. The molecule has 2 amide bonds. The van der Waals surface area contributed by atoms with Crippen LogP contribution in [0, 0.1) is 0 Å². The summed E-state index contributed by atoms with van der Waals surface area (Å²) in [6.07, 6.45) is 2.17. The van der Waals surface area contributed by atoms with E-state index in [4.69, 9.17) is 5.73 Å². The second-order valence-electron chi connectivity index (χ2n) is 3.02. The number of rotatable bonds is 0. The highest BCUT2D eigenvalue weighted by Crippen LogP contribution is 2.22. The molecule has 1 rings (SSSR count). The van der Waals surface area contributed by atoms with Gasteiger partial charge >= 0.3 is 6.03 Å². The molecule has 1 fully saturated rings.